The highest BCUT2D eigenvalue weighted by Crippen LogP contribution is 2.21. The number of amides is 2. The van der Waals surface area contributed by atoms with E-state index in [0.29, 0.717) is 26.1 Å². The van der Waals surface area contributed by atoms with Crippen LogP contribution in [-0.4, -0.2) is 67.7 Å². The predicted octanol–water partition coefficient (Wildman–Crippen LogP) is 0.494. The lowest BCUT2D eigenvalue weighted by Gasteiger charge is -2.33. The Morgan fingerprint density at radius 3 is 2.24 bits per heavy atom. The van der Waals surface area contributed by atoms with Gasteiger partial charge in [0.1, 0.15) is 6.04 Å². The molecule has 3 rings (SSSR count). The second-order valence-electron chi connectivity index (χ2n) is 7.21. The third-order valence-corrected chi connectivity index (χ3v) is 7.18. The van der Waals surface area contributed by atoms with Gasteiger partial charge in [-0.05, 0) is 56.4 Å². The third kappa shape index (κ3) is 4.76. The zero-order valence-corrected chi connectivity index (χ0v) is 16.9. The number of ether oxygens (including phenoxy) is 1. The minimum Gasteiger partial charge on any atom is -0.452 e. The van der Waals surface area contributed by atoms with Gasteiger partial charge in [-0.15, -0.1) is 0 Å². The number of carbonyl (C=O) groups is 3. The van der Waals surface area contributed by atoms with E-state index in [1.54, 1.807) is 0 Å². The number of carbonyl (C=O) groups excluding carboxylic acids is 3. The molecule has 2 aliphatic heterocycles. The van der Waals surface area contributed by atoms with Crippen LogP contribution in [-0.2, 0) is 24.3 Å². The Morgan fingerprint density at radius 1 is 1.00 bits per heavy atom. The van der Waals surface area contributed by atoms with Crippen LogP contribution in [0.25, 0.3) is 0 Å². The van der Waals surface area contributed by atoms with E-state index in [4.69, 9.17) is 10.5 Å². The lowest BCUT2D eigenvalue weighted by atomic mass is 10.0. The van der Waals surface area contributed by atoms with Crippen molar-refractivity contribution in [2.45, 2.75) is 43.0 Å². The van der Waals surface area contributed by atoms with Crippen LogP contribution >= 0.6 is 0 Å². The minimum atomic E-state index is -3.56. The number of hydrogen-bond donors (Lipinski definition) is 1. The van der Waals surface area contributed by atoms with Gasteiger partial charge in [-0.1, -0.05) is 0 Å². The number of benzene rings is 1. The average Bonchev–Trinajstić information content (AvgIpc) is 3.27. The number of sulfonamides is 1. The molecule has 2 amide bonds. The van der Waals surface area contributed by atoms with E-state index in [2.05, 4.69) is 0 Å². The first-order valence-electron chi connectivity index (χ1n) is 9.67. The average molecular weight is 423 g/mol. The number of esters is 1. The molecule has 0 aromatic heterocycles. The summed E-state index contributed by atoms with van der Waals surface area (Å²) in [5.41, 5.74) is 5.49. The zero-order chi connectivity index (χ0) is 21.0. The van der Waals surface area contributed by atoms with Gasteiger partial charge in [0.2, 0.25) is 15.9 Å². The third-order valence-electron chi connectivity index (χ3n) is 5.27. The van der Waals surface area contributed by atoms with E-state index in [1.807, 2.05) is 0 Å². The van der Waals surface area contributed by atoms with Crippen LogP contribution < -0.4 is 5.73 Å². The highest BCUT2D eigenvalue weighted by Gasteiger charge is 2.31. The number of nitrogens with zero attached hydrogens (tertiary/aromatic N) is 2. The Kier molecular flexibility index (Phi) is 6.53. The van der Waals surface area contributed by atoms with Crippen LogP contribution in [0.1, 0.15) is 42.5 Å². The molecule has 0 radical (unpaired) electrons. The number of nitrogens with two attached hydrogens (primary N) is 1. The van der Waals surface area contributed by atoms with Crippen LogP contribution in [0.4, 0.5) is 0 Å². The Labute approximate surface area is 169 Å². The molecule has 0 spiro atoms. The highest BCUT2D eigenvalue weighted by molar-refractivity contribution is 7.89. The van der Waals surface area contributed by atoms with Crippen molar-refractivity contribution in [3.8, 4) is 0 Å². The maximum absolute atomic E-state index is 12.5. The molecule has 2 saturated heterocycles. The fourth-order valence-electron chi connectivity index (χ4n) is 3.66. The molecule has 0 aliphatic carbocycles. The van der Waals surface area contributed by atoms with Gasteiger partial charge in [-0.2, -0.15) is 4.31 Å². The minimum absolute atomic E-state index is 0.115. The molecular weight excluding hydrogens is 398 g/mol. The van der Waals surface area contributed by atoms with Crippen molar-refractivity contribution in [2.75, 3.05) is 26.2 Å². The van der Waals surface area contributed by atoms with Gasteiger partial charge in [0.25, 0.3) is 5.91 Å². The number of hydrogen-bond acceptors (Lipinski definition) is 6. The van der Waals surface area contributed by atoms with Gasteiger partial charge in [-0.25, -0.2) is 13.2 Å². The van der Waals surface area contributed by atoms with Crippen molar-refractivity contribution in [3.63, 3.8) is 0 Å². The summed E-state index contributed by atoms with van der Waals surface area (Å²) in [6.07, 6.45) is 3.75. The summed E-state index contributed by atoms with van der Waals surface area (Å²) in [6.45, 7) is 0.886. The Balaban J connectivity index is 1.59. The number of rotatable bonds is 6. The molecule has 2 N–H and O–H groups in total. The zero-order valence-electron chi connectivity index (χ0n) is 16.1. The molecule has 2 aliphatic rings. The van der Waals surface area contributed by atoms with Crippen molar-refractivity contribution in [1.29, 1.82) is 0 Å². The molecular formula is C19H25N3O6S. The van der Waals surface area contributed by atoms with Crippen LogP contribution in [0, 0.1) is 0 Å². The van der Waals surface area contributed by atoms with Crippen LogP contribution in [0.2, 0.25) is 0 Å². The van der Waals surface area contributed by atoms with E-state index in [9.17, 15) is 22.8 Å². The number of piperidine rings is 1. The first kappa shape index (κ1) is 21.3. The number of primary amides is 1. The van der Waals surface area contributed by atoms with Crippen molar-refractivity contribution in [3.05, 3.63) is 29.8 Å². The quantitative estimate of drug-likeness (QED) is 0.664. The van der Waals surface area contributed by atoms with Gasteiger partial charge in [0, 0.05) is 19.6 Å². The summed E-state index contributed by atoms with van der Waals surface area (Å²) in [5.74, 6) is -1.79. The number of likely N-dealkylation sites (tertiary alicyclic amines) is 1. The van der Waals surface area contributed by atoms with Crippen LogP contribution in [0.3, 0.4) is 0 Å². The standard InChI is InChI=1S/C19H25N3O6S/c20-18(24)16-5-1-2-12-22(16)17(23)13-28-19(25)14-6-8-15(9-7-14)29(26,27)21-10-3-4-11-21/h6-9,16H,1-5,10-13H2,(H2,20,24)/t16-/m1/s1. The Hall–Kier alpha value is -2.46. The van der Waals surface area contributed by atoms with Gasteiger partial charge in [0.05, 0.1) is 10.5 Å². The largest absolute Gasteiger partial charge is 0.452 e. The second-order valence-corrected chi connectivity index (χ2v) is 9.15. The highest BCUT2D eigenvalue weighted by atomic mass is 32.2. The molecule has 1 aromatic carbocycles. The summed E-state index contributed by atoms with van der Waals surface area (Å²) in [6, 6.07) is 4.77. The molecule has 1 atom stereocenters. The summed E-state index contributed by atoms with van der Waals surface area (Å²) >= 11 is 0. The summed E-state index contributed by atoms with van der Waals surface area (Å²) in [4.78, 5) is 37.5. The second kappa shape index (κ2) is 8.91. The van der Waals surface area contributed by atoms with Crippen molar-refractivity contribution in [1.82, 2.24) is 9.21 Å². The van der Waals surface area contributed by atoms with E-state index in [0.717, 1.165) is 25.7 Å². The molecule has 29 heavy (non-hydrogen) atoms. The molecule has 2 fully saturated rings. The van der Waals surface area contributed by atoms with E-state index in [1.165, 1.54) is 33.5 Å². The molecule has 9 nitrogen and oxygen atoms in total. The maximum atomic E-state index is 12.5. The molecule has 1 aromatic rings. The van der Waals surface area contributed by atoms with Gasteiger partial charge >= 0.3 is 5.97 Å². The summed E-state index contributed by atoms with van der Waals surface area (Å²) < 4.78 is 31.5. The van der Waals surface area contributed by atoms with E-state index in [-0.39, 0.29) is 10.5 Å². The molecule has 10 heteroatoms. The van der Waals surface area contributed by atoms with Crippen molar-refractivity contribution < 1.29 is 27.5 Å². The summed E-state index contributed by atoms with van der Waals surface area (Å²) in [7, 11) is -3.56. The smallest absolute Gasteiger partial charge is 0.338 e. The maximum Gasteiger partial charge on any atom is 0.338 e. The van der Waals surface area contributed by atoms with Gasteiger partial charge < -0.3 is 15.4 Å². The van der Waals surface area contributed by atoms with E-state index < -0.39 is 40.5 Å². The predicted molar refractivity (Wildman–Crippen MR) is 103 cm³/mol. The Morgan fingerprint density at radius 2 is 1.62 bits per heavy atom. The van der Waals surface area contributed by atoms with Crippen molar-refractivity contribution in [2.24, 2.45) is 5.73 Å². The van der Waals surface area contributed by atoms with Crippen molar-refractivity contribution >= 4 is 27.8 Å². The molecule has 0 saturated carbocycles. The van der Waals surface area contributed by atoms with Crippen LogP contribution in [0.5, 0.6) is 0 Å². The molecule has 158 valence electrons. The first-order valence-corrected chi connectivity index (χ1v) is 11.1. The molecule has 2 heterocycles. The SMILES string of the molecule is NC(=O)[C@H]1CCCCN1C(=O)COC(=O)c1ccc(S(=O)(=O)N2CCCC2)cc1. The van der Waals surface area contributed by atoms with Gasteiger partial charge in [0.15, 0.2) is 6.61 Å². The first-order chi connectivity index (χ1) is 13.8. The normalized spacial score (nSPS) is 20.4. The summed E-state index contributed by atoms with van der Waals surface area (Å²) in [5, 5.41) is 0. The van der Waals surface area contributed by atoms with E-state index >= 15 is 0 Å². The molecule has 0 bridgehead atoms. The van der Waals surface area contributed by atoms with Gasteiger partial charge in [-0.3, -0.25) is 9.59 Å². The monoisotopic (exact) mass is 423 g/mol. The molecule has 0 unspecified atom stereocenters. The lowest BCUT2D eigenvalue weighted by Crippen LogP contribution is -2.51. The fourth-order valence-corrected chi connectivity index (χ4v) is 5.18. The fraction of sp³-hybridized carbons (Fsp3) is 0.526. The lowest BCUT2D eigenvalue weighted by molar-refractivity contribution is -0.143. The van der Waals surface area contributed by atoms with Crippen LogP contribution in [0.15, 0.2) is 29.2 Å². The Bertz CT molecular complexity index is 878. The topological polar surface area (TPSA) is 127 Å².